The first-order valence-corrected chi connectivity index (χ1v) is 8.91. The van der Waals surface area contributed by atoms with Gasteiger partial charge in [0.05, 0.1) is 7.05 Å². The largest absolute Gasteiger partial charge is 0.355 e. The molecule has 5 heteroatoms. The fourth-order valence-electron chi connectivity index (χ4n) is 2.99. The summed E-state index contributed by atoms with van der Waals surface area (Å²) in [5.74, 6) is 0.00791. The number of nitrogens with zero attached hydrogens (tertiary/aromatic N) is 1. The van der Waals surface area contributed by atoms with E-state index >= 15 is 0 Å². The number of hydrogen-bond acceptors (Lipinski definition) is 2. The Bertz CT molecular complexity index is 727. The van der Waals surface area contributed by atoms with E-state index in [4.69, 9.17) is 0 Å². The van der Waals surface area contributed by atoms with Gasteiger partial charge in [0.15, 0.2) is 6.54 Å². The maximum absolute atomic E-state index is 12.8. The monoisotopic (exact) mass is 354 g/mol. The predicted molar refractivity (Wildman–Crippen MR) is 104 cm³/mol. The van der Waals surface area contributed by atoms with Gasteiger partial charge >= 0.3 is 0 Å². The zero-order chi connectivity index (χ0) is 19.1. The molecule has 0 spiro atoms. The van der Waals surface area contributed by atoms with Gasteiger partial charge in [-0.3, -0.25) is 9.59 Å². The fourth-order valence-corrected chi connectivity index (χ4v) is 2.99. The van der Waals surface area contributed by atoms with Gasteiger partial charge in [0.2, 0.25) is 0 Å². The predicted octanol–water partition coefficient (Wildman–Crippen LogP) is 1.50. The Labute approximate surface area is 155 Å². The third-order valence-electron chi connectivity index (χ3n) is 4.22. The molecule has 0 heterocycles. The van der Waals surface area contributed by atoms with Crippen molar-refractivity contribution in [2.24, 2.45) is 0 Å². The molecule has 0 aliphatic heterocycles. The summed E-state index contributed by atoms with van der Waals surface area (Å²) in [7, 11) is 3.63. The fraction of sp³-hybridized carbons (Fsp3) is 0.333. The van der Waals surface area contributed by atoms with Gasteiger partial charge in [0, 0.05) is 29.9 Å². The van der Waals surface area contributed by atoms with Crippen molar-refractivity contribution in [1.82, 2.24) is 5.32 Å². The highest BCUT2D eigenvalue weighted by Crippen LogP contribution is 2.16. The number of likely N-dealkylation sites (N-methyl/N-ethyl adjacent to an activating group) is 1. The topological polar surface area (TPSA) is 53.9 Å². The van der Waals surface area contributed by atoms with E-state index in [0.29, 0.717) is 12.1 Å². The molecule has 0 fully saturated rings. The molecule has 0 aliphatic carbocycles. The molecule has 2 aromatic carbocycles. The van der Waals surface area contributed by atoms with Crippen LogP contribution in [0.25, 0.3) is 0 Å². The quantitative estimate of drug-likeness (QED) is 0.792. The van der Waals surface area contributed by atoms with Gasteiger partial charge in [0.25, 0.3) is 11.8 Å². The van der Waals surface area contributed by atoms with Crippen LogP contribution in [0.2, 0.25) is 0 Å². The van der Waals surface area contributed by atoms with Crippen LogP contribution < -0.4 is 15.1 Å². The van der Waals surface area contributed by atoms with E-state index in [1.807, 2.05) is 80.4 Å². The van der Waals surface area contributed by atoms with E-state index in [9.17, 15) is 9.59 Å². The highest BCUT2D eigenvalue weighted by molar-refractivity contribution is 5.94. The summed E-state index contributed by atoms with van der Waals surface area (Å²) >= 11 is 0. The van der Waals surface area contributed by atoms with Crippen molar-refractivity contribution in [1.29, 1.82) is 0 Å². The minimum Gasteiger partial charge on any atom is -0.355 e. The SMILES string of the molecule is CNC(=O)c1ccc(C[NH+](C)CC(=O)N(c2ccccc2)C(C)C)cc1. The lowest BCUT2D eigenvalue weighted by molar-refractivity contribution is -0.885. The molecule has 0 bridgehead atoms. The first kappa shape index (κ1) is 19.7. The number of amides is 2. The molecule has 1 unspecified atom stereocenters. The summed E-state index contributed by atoms with van der Waals surface area (Å²) in [4.78, 5) is 27.4. The molecule has 1 atom stereocenters. The molecule has 0 aliphatic rings. The highest BCUT2D eigenvalue weighted by Gasteiger charge is 2.22. The second kappa shape index (κ2) is 9.15. The number of carbonyl (C=O) groups excluding carboxylic acids is 2. The van der Waals surface area contributed by atoms with E-state index in [0.717, 1.165) is 22.7 Å². The Morgan fingerprint density at radius 3 is 2.19 bits per heavy atom. The van der Waals surface area contributed by atoms with E-state index in [2.05, 4.69) is 5.32 Å². The average molecular weight is 354 g/mol. The molecule has 2 amide bonds. The molecule has 2 rings (SSSR count). The summed E-state index contributed by atoms with van der Waals surface area (Å²) in [6.07, 6.45) is 0. The Morgan fingerprint density at radius 2 is 1.65 bits per heavy atom. The van der Waals surface area contributed by atoms with E-state index in [1.54, 1.807) is 7.05 Å². The van der Waals surface area contributed by atoms with Crippen molar-refractivity contribution in [3.8, 4) is 0 Å². The van der Waals surface area contributed by atoms with Crippen molar-refractivity contribution in [2.45, 2.75) is 26.4 Å². The number of rotatable bonds is 7. The third-order valence-corrected chi connectivity index (χ3v) is 4.22. The number of nitrogens with one attached hydrogen (secondary N) is 2. The first-order chi connectivity index (χ1) is 12.4. The smallest absolute Gasteiger partial charge is 0.282 e. The van der Waals surface area contributed by atoms with Crippen molar-refractivity contribution in [3.05, 3.63) is 65.7 Å². The van der Waals surface area contributed by atoms with Crippen LogP contribution in [0.4, 0.5) is 5.69 Å². The van der Waals surface area contributed by atoms with Gasteiger partial charge < -0.3 is 15.1 Å². The molecule has 2 aromatic rings. The maximum atomic E-state index is 12.8. The molecular weight excluding hydrogens is 326 g/mol. The molecule has 26 heavy (non-hydrogen) atoms. The van der Waals surface area contributed by atoms with Crippen LogP contribution in [0.3, 0.4) is 0 Å². The Hall–Kier alpha value is -2.66. The van der Waals surface area contributed by atoms with E-state index in [-0.39, 0.29) is 17.9 Å². The number of carbonyl (C=O) groups is 2. The first-order valence-electron chi connectivity index (χ1n) is 8.91. The lowest BCUT2D eigenvalue weighted by atomic mass is 10.1. The molecule has 2 N–H and O–H groups in total. The van der Waals surface area contributed by atoms with Crippen LogP contribution in [-0.4, -0.2) is 38.5 Å². The molecule has 0 saturated carbocycles. The minimum absolute atomic E-state index is 0.0946. The number of anilines is 1. The number of hydrogen-bond donors (Lipinski definition) is 2. The van der Waals surface area contributed by atoms with Gasteiger partial charge in [0.1, 0.15) is 6.54 Å². The van der Waals surface area contributed by atoms with Crippen LogP contribution >= 0.6 is 0 Å². The summed E-state index contributed by atoms with van der Waals surface area (Å²) in [5.41, 5.74) is 2.66. The van der Waals surface area contributed by atoms with Crippen molar-refractivity contribution in [2.75, 3.05) is 25.5 Å². The van der Waals surface area contributed by atoms with Crippen molar-refractivity contribution < 1.29 is 14.5 Å². The van der Waals surface area contributed by atoms with E-state index in [1.165, 1.54) is 0 Å². The third kappa shape index (κ3) is 5.17. The van der Waals surface area contributed by atoms with Crippen LogP contribution in [-0.2, 0) is 11.3 Å². The minimum atomic E-state index is -0.0946. The van der Waals surface area contributed by atoms with Crippen molar-refractivity contribution in [3.63, 3.8) is 0 Å². The van der Waals surface area contributed by atoms with E-state index < -0.39 is 0 Å². The second-order valence-corrected chi connectivity index (χ2v) is 6.78. The molecule has 0 aromatic heterocycles. The molecule has 5 nitrogen and oxygen atoms in total. The summed E-state index contributed by atoms with van der Waals surface area (Å²) in [6.45, 7) is 5.18. The Kier molecular flexibility index (Phi) is 6.92. The summed E-state index contributed by atoms with van der Waals surface area (Å²) in [6, 6.07) is 17.4. The summed E-state index contributed by atoms with van der Waals surface area (Å²) in [5, 5.41) is 2.61. The molecule has 0 saturated heterocycles. The Morgan fingerprint density at radius 1 is 1.04 bits per heavy atom. The van der Waals surface area contributed by atoms with Gasteiger partial charge in [-0.15, -0.1) is 0 Å². The lowest BCUT2D eigenvalue weighted by Gasteiger charge is -2.27. The lowest BCUT2D eigenvalue weighted by Crippen LogP contribution is -3.09. The van der Waals surface area contributed by atoms with Gasteiger partial charge in [-0.25, -0.2) is 0 Å². The van der Waals surface area contributed by atoms with Gasteiger partial charge in [-0.2, -0.15) is 0 Å². The number of quaternary nitrogens is 1. The highest BCUT2D eigenvalue weighted by atomic mass is 16.2. The van der Waals surface area contributed by atoms with Crippen LogP contribution in [0.5, 0.6) is 0 Å². The zero-order valence-corrected chi connectivity index (χ0v) is 16.0. The maximum Gasteiger partial charge on any atom is 0.282 e. The normalized spacial score (nSPS) is 11.9. The second-order valence-electron chi connectivity index (χ2n) is 6.78. The molecule has 0 radical (unpaired) electrons. The van der Waals surface area contributed by atoms with Crippen molar-refractivity contribution >= 4 is 17.5 Å². The van der Waals surface area contributed by atoms with Crippen LogP contribution in [0.1, 0.15) is 29.8 Å². The number of benzene rings is 2. The average Bonchev–Trinajstić information content (AvgIpc) is 2.62. The van der Waals surface area contributed by atoms with Gasteiger partial charge in [-0.1, -0.05) is 30.3 Å². The standard InChI is InChI=1S/C21H27N3O2/c1-16(2)24(19-8-6-5-7-9-19)20(25)15-23(4)14-17-10-12-18(13-11-17)21(26)22-3/h5-13,16H,14-15H2,1-4H3,(H,22,26)/p+1. The van der Waals surface area contributed by atoms with Crippen LogP contribution in [0.15, 0.2) is 54.6 Å². The zero-order valence-electron chi connectivity index (χ0n) is 16.0. The van der Waals surface area contributed by atoms with Crippen LogP contribution in [0, 0.1) is 0 Å². The Balaban J connectivity index is 2.00. The van der Waals surface area contributed by atoms with Gasteiger partial charge in [-0.05, 0) is 38.1 Å². The number of para-hydroxylation sites is 1. The molecule has 138 valence electrons. The molecular formula is C21H28N3O2+. The summed E-state index contributed by atoms with van der Waals surface area (Å²) < 4.78 is 0.